The van der Waals surface area contributed by atoms with Gasteiger partial charge in [0.1, 0.15) is 11.6 Å². The summed E-state index contributed by atoms with van der Waals surface area (Å²) in [5.41, 5.74) is 0.588. The Hall–Kier alpha value is -2.85. The van der Waals surface area contributed by atoms with E-state index in [2.05, 4.69) is 22.1 Å². The summed E-state index contributed by atoms with van der Waals surface area (Å²) < 4.78 is 12.3. The van der Waals surface area contributed by atoms with Crippen molar-refractivity contribution in [2.75, 3.05) is 44.5 Å². The van der Waals surface area contributed by atoms with E-state index in [1.807, 2.05) is 12.1 Å². The molecule has 1 aliphatic heterocycles. The topological polar surface area (TPSA) is 98.6 Å². The van der Waals surface area contributed by atoms with Crippen molar-refractivity contribution >= 4 is 29.3 Å². The highest BCUT2D eigenvalue weighted by Gasteiger charge is 2.20. The normalized spacial score (nSPS) is 13.7. The molecule has 1 aromatic carbocycles. The number of hydrogen-bond acceptors (Lipinski definition) is 7. The molecule has 10 heteroatoms. The quantitative estimate of drug-likeness (QED) is 0.476. The minimum Gasteiger partial charge on any atom is -0.495 e. The number of anilines is 1. The zero-order valence-electron chi connectivity index (χ0n) is 16.9. The molecule has 1 fully saturated rings. The van der Waals surface area contributed by atoms with Gasteiger partial charge in [-0.2, -0.15) is 0 Å². The number of aromatic nitrogens is 3. The van der Waals surface area contributed by atoms with Crippen LogP contribution in [0.1, 0.15) is 5.82 Å². The van der Waals surface area contributed by atoms with Gasteiger partial charge in [0.2, 0.25) is 11.8 Å². The van der Waals surface area contributed by atoms with E-state index in [0.717, 1.165) is 0 Å². The molecule has 0 aliphatic carbocycles. The van der Waals surface area contributed by atoms with E-state index < -0.39 is 0 Å². The van der Waals surface area contributed by atoms with Crippen LogP contribution >= 0.6 is 11.8 Å². The van der Waals surface area contributed by atoms with Gasteiger partial charge in [0.25, 0.3) is 0 Å². The molecule has 3 rings (SSSR count). The van der Waals surface area contributed by atoms with Gasteiger partial charge in [-0.3, -0.25) is 9.59 Å². The molecule has 2 amide bonds. The molecule has 0 bridgehead atoms. The summed E-state index contributed by atoms with van der Waals surface area (Å²) in [6, 6.07) is 7.19. The van der Waals surface area contributed by atoms with Crippen molar-refractivity contribution < 1.29 is 19.1 Å². The number of carbonyl (C=O) groups excluding carboxylic acids is 2. The van der Waals surface area contributed by atoms with Gasteiger partial charge >= 0.3 is 0 Å². The van der Waals surface area contributed by atoms with Crippen LogP contribution in [0.4, 0.5) is 5.69 Å². The summed E-state index contributed by atoms with van der Waals surface area (Å²) >= 11 is 1.30. The average molecular weight is 432 g/mol. The van der Waals surface area contributed by atoms with Crippen molar-refractivity contribution in [2.24, 2.45) is 0 Å². The van der Waals surface area contributed by atoms with Crippen molar-refractivity contribution in [3.63, 3.8) is 0 Å². The number of morpholine rings is 1. The average Bonchev–Trinajstić information content (AvgIpc) is 3.14. The third-order valence-corrected chi connectivity index (χ3v) is 5.44. The van der Waals surface area contributed by atoms with Crippen LogP contribution in [0.25, 0.3) is 0 Å². The predicted molar refractivity (Wildman–Crippen MR) is 114 cm³/mol. The molecule has 1 aromatic heterocycles. The third-order valence-electron chi connectivity index (χ3n) is 4.49. The SMILES string of the molecule is C=CCn1c(CC(=O)Nc2ccccc2OC)nnc1SCC(=O)N1CCOCC1. The maximum Gasteiger partial charge on any atom is 0.233 e. The van der Waals surface area contributed by atoms with Crippen LogP contribution in [0.5, 0.6) is 5.75 Å². The van der Waals surface area contributed by atoms with E-state index in [0.29, 0.717) is 55.3 Å². The molecule has 30 heavy (non-hydrogen) atoms. The Labute approximate surface area is 179 Å². The van der Waals surface area contributed by atoms with Crippen molar-refractivity contribution in [1.29, 1.82) is 0 Å². The van der Waals surface area contributed by atoms with Gasteiger partial charge in [-0.15, -0.1) is 16.8 Å². The predicted octanol–water partition coefficient (Wildman–Crippen LogP) is 1.60. The molecular weight excluding hydrogens is 406 g/mol. The van der Waals surface area contributed by atoms with Crippen molar-refractivity contribution in [3.05, 3.63) is 42.7 Å². The van der Waals surface area contributed by atoms with Gasteiger partial charge in [-0.1, -0.05) is 30.0 Å². The molecule has 0 radical (unpaired) electrons. The molecule has 0 spiro atoms. The van der Waals surface area contributed by atoms with E-state index in [-0.39, 0.29) is 24.0 Å². The van der Waals surface area contributed by atoms with Crippen LogP contribution in [0.3, 0.4) is 0 Å². The van der Waals surface area contributed by atoms with Crippen molar-refractivity contribution in [3.8, 4) is 5.75 Å². The lowest BCUT2D eigenvalue weighted by Gasteiger charge is -2.26. The molecule has 0 atom stereocenters. The fraction of sp³-hybridized carbons (Fsp3) is 0.400. The number of carbonyl (C=O) groups is 2. The number of nitrogens with one attached hydrogen (secondary N) is 1. The largest absolute Gasteiger partial charge is 0.495 e. The van der Waals surface area contributed by atoms with Crippen LogP contribution in [-0.2, 0) is 27.3 Å². The molecule has 0 saturated carbocycles. The lowest BCUT2D eigenvalue weighted by Crippen LogP contribution is -2.41. The smallest absolute Gasteiger partial charge is 0.233 e. The number of allylic oxidation sites excluding steroid dienone is 1. The molecule has 160 valence electrons. The van der Waals surface area contributed by atoms with E-state index in [1.165, 1.54) is 11.8 Å². The number of thioether (sulfide) groups is 1. The second-order valence-electron chi connectivity index (χ2n) is 6.51. The van der Waals surface area contributed by atoms with E-state index in [4.69, 9.17) is 9.47 Å². The fourth-order valence-electron chi connectivity index (χ4n) is 2.99. The van der Waals surface area contributed by atoms with Gasteiger partial charge < -0.3 is 24.3 Å². The Morgan fingerprint density at radius 3 is 2.80 bits per heavy atom. The molecule has 1 saturated heterocycles. The number of para-hydroxylation sites is 2. The van der Waals surface area contributed by atoms with Crippen molar-refractivity contribution in [1.82, 2.24) is 19.7 Å². The number of hydrogen-bond donors (Lipinski definition) is 1. The van der Waals surface area contributed by atoms with E-state index in [9.17, 15) is 9.59 Å². The van der Waals surface area contributed by atoms with E-state index >= 15 is 0 Å². The minimum atomic E-state index is -0.238. The molecule has 1 N–H and O–H groups in total. The first kappa shape index (κ1) is 21.8. The highest BCUT2D eigenvalue weighted by Crippen LogP contribution is 2.23. The summed E-state index contributed by atoms with van der Waals surface area (Å²) in [4.78, 5) is 26.7. The maximum absolute atomic E-state index is 12.5. The molecule has 0 unspecified atom stereocenters. The third kappa shape index (κ3) is 5.61. The van der Waals surface area contributed by atoms with Gasteiger partial charge in [0, 0.05) is 19.6 Å². The van der Waals surface area contributed by atoms with Gasteiger partial charge in [0.05, 0.1) is 38.2 Å². The number of benzene rings is 1. The zero-order valence-corrected chi connectivity index (χ0v) is 17.7. The second-order valence-corrected chi connectivity index (χ2v) is 7.45. The molecular formula is C20H25N5O4S. The maximum atomic E-state index is 12.5. The first-order valence-corrected chi connectivity index (χ1v) is 10.5. The standard InChI is InChI=1S/C20H25N5O4S/c1-3-8-25-17(13-18(26)21-15-6-4-5-7-16(15)28-2)22-23-20(25)30-14-19(27)24-9-11-29-12-10-24/h3-7H,1,8-14H2,2H3,(H,21,26). The number of amides is 2. The Bertz CT molecular complexity index is 895. The van der Waals surface area contributed by atoms with Gasteiger partial charge in [-0.05, 0) is 12.1 Å². The lowest BCUT2D eigenvalue weighted by molar-refractivity contribution is -0.132. The van der Waals surface area contributed by atoms with Crippen LogP contribution in [0.2, 0.25) is 0 Å². The fourth-order valence-corrected chi connectivity index (χ4v) is 3.85. The summed E-state index contributed by atoms with van der Waals surface area (Å²) in [6.07, 6.45) is 1.75. The molecule has 9 nitrogen and oxygen atoms in total. The number of nitrogens with zero attached hydrogens (tertiary/aromatic N) is 4. The highest BCUT2D eigenvalue weighted by atomic mass is 32.2. The Balaban J connectivity index is 1.63. The zero-order chi connectivity index (χ0) is 21.3. The second kappa shape index (κ2) is 10.8. The summed E-state index contributed by atoms with van der Waals surface area (Å²) in [5.74, 6) is 1.13. The summed E-state index contributed by atoms with van der Waals surface area (Å²) in [5, 5.41) is 11.7. The molecule has 2 aromatic rings. The van der Waals surface area contributed by atoms with E-state index in [1.54, 1.807) is 34.8 Å². The van der Waals surface area contributed by atoms with Gasteiger partial charge in [-0.25, -0.2) is 0 Å². The minimum absolute atomic E-state index is 0.0342. The van der Waals surface area contributed by atoms with Crippen LogP contribution in [0, 0.1) is 0 Å². The number of rotatable bonds is 9. The Morgan fingerprint density at radius 2 is 2.07 bits per heavy atom. The Morgan fingerprint density at radius 1 is 1.30 bits per heavy atom. The van der Waals surface area contributed by atoms with Crippen molar-refractivity contribution in [2.45, 2.75) is 18.1 Å². The summed E-state index contributed by atoms with van der Waals surface area (Å²) in [7, 11) is 1.55. The Kier molecular flexibility index (Phi) is 7.86. The van der Waals surface area contributed by atoms with Gasteiger partial charge in [0.15, 0.2) is 5.16 Å². The summed E-state index contributed by atoms with van der Waals surface area (Å²) in [6.45, 7) is 6.54. The number of methoxy groups -OCH3 is 1. The lowest BCUT2D eigenvalue weighted by atomic mass is 10.2. The van der Waals surface area contributed by atoms with Crippen LogP contribution < -0.4 is 10.1 Å². The molecule has 1 aliphatic rings. The van der Waals surface area contributed by atoms with Crippen LogP contribution in [0.15, 0.2) is 42.1 Å². The first-order valence-electron chi connectivity index (χ1n) is 9.56. The number of ether oxygens (including phenoxy) is 2. The first-order chi connectivity index (χ1) is 14.6. The molecule has 2 heterocycles. The highest BCUT2D eigenvalue weighted by molar-refractivity contribution is 7.99. The van der Waals surface area contributed by atoms with Crippen LogP contribution in [-0.4, -0.2) is 70.6 Å². The monoisotopic (exact) mass is 431 g/mol.